The summed E-state index contributed by atoms with van der Waals surface area (Å²) in [4.78, 5) is 10.8. The van der Waals surface area contributed by atoms with E-state index in [0.717, 1.165) is 12.8 Å². The molecule has 0 amide bonds. The van der Waals surface area contributed by atoms with E-state index in [0.29, 0.717) is 19.0 Å². The first-order valence-corrected chi connectivity index (χ1v) is 7.68. The van der Waals surface area contributed by atoms with Gasteiger partial charge in [0.1, 0.15) is 0 Å². The van der Waals surface area contributed by atoms with Crippen LogP contribution in [0.4, 0.5) is 0 Å². The van der Waals surface area contributed by atoms with Gasteiger partial charge >= 0.3 is 5.97 Å². The fourth-order valence-electron chi connectivity index (χ4n) is 1.99. The van der Waals surface area contributed by atoms with E-state index in [2.05, 4.69) is 4.72 Å². The zero-order chi connectivity index (χ0) is 13.9. The van der Waals surface area contributed by atoms with E-state index in [4.69, 9.17) is 5.11 Å². The van der Waals surface area contributed by atoms with Gasteiger partial charge in [-0.2, -0.15) is 17.4 Å². The summed E-state index contributed by atoms with van der Waals surface area (Å²) >= 11 is 0. The third kappa shape index (κ3) is 3.93. The largest absolute Gasteiger partial charge is 0.481 e. The maximum Gasteiger partial charge on any atom is 0.307 e. The van der Waals surface area contributed by atoms with Crippen LogP contribution in [0.3, 0.4) is 0 Å². The number of piperidine rings is 1. The lowest BCUT2D eigenvalue weighted by Gasteiger charge is -2.31. The minimum Gasteiger partial charge on any atom is -0.481 e. The van der Waals surface area contributed by atoms with Crippen molar-refractivity contribution in [1.82, 2.24) is 9.03 Å². The smallest absolute Gasteiger partial charge is 0.307 e. The summed E-state index contributed by atoms with van der Waals surface area (Å²) in [6.45, 7) is 6.10. The quantitative estimate of drug-likeness (QED) is 0.773. The lowest BCUT2D eigenvalue weighted by molar-refractivity contribution is -0.141. The van der Waals surface area contributed by atoms with Crippen LogP contribution >= 0.6 is 0 Å². The van der Waals surface area contributed by atoms with Crippen LogP contribution in [-0.2, 0) is 15.0 Å². The highest BCUT2D eigenvalue weighted by Gasteiger charge is 2.30. The molecular weight excluding hydrogens is 256 g/mol. The molecule has 0 aromatic rings. The molecule has 0 spiro atoms. The second kappa shape index (κ2) is 5.99. The van der Waals surface area contributed by atoms with Crippen molar-refractivity contribution >= 4 is 16.2 Å². The molecule has 6 nitrogen and oxygen atoms in total. The van der Waals surface area contributed by atoms with Crippen LogP contribution in [0.1, 0.15) is 33.6 Å². The molecule has 0 aromatic carbocycles. The van der Waals surface area contributed by atoms with Crippen molar-refractivity contribution in [3.05, 3.63) is 0 Å². The highest BCUT2D eigenvalue weighted by atomic mass is 32.2. The van der Waals surface area contributed by atoms with E-state index in [1.807, 2.05) is 6.92 Å². The molecule has 0 saturated carbocycles. The predicted octanol–water partition coefficient (Wildman–Crippen LogP) is 0.662. The zero-order valence-electron chi connectivity index (χ0n) is 11.1. The maximum absolute atomic E-state index is 12.1. The predicted molar refractivity (Wildman–Crippen MR) is 68.3 cm³/mol. The van der Waals surface area contributed by atoms with E-state index in [1.54, 1.807) is 6.92 Å². The van der Waals surface area contributed by atoms with Crippen molar-refractivity contribution in [3.63, 3.8) is 0 Å². The molecule has 2 N–H and O–H groups in total. The van der Waals surface area contributed by atoms with E-state index in [9.17, 15) is 13.2 Å². The third-order valence-electron chi connectivity index (χ3n) is 3.43. The number of carboxylic acid groups (broad SMARTS) is 1. The average molecular weight is 278 g/mol. The van der Waals surface area contributed by atoms with Crippen LogP contribution in [0, 0.1) is 11.8 Å². The minimum atomic E-state index is -3.57. The molecule has 0 aliphatic carbocycles. The average Bonchev–Trinajstić information content (AvgIpc) is 2.27. The van der Waals surface area contributed by atoms with Gasteiger partial charge in [-0.25, -0.2) is 0 Å². The third-order valence-corrected chi connectivity index (χ3v) is 5.12. The molecule has 1 rings (SSSR count). The Morgan fingerprint density at radius 2 is 2.06 bits per heavy atom. The Hall–Kier alpha value is -0.660. The Labute approximate surface area is 109 Å². The van der Waals surface area contributed by atoms with Crippen LogP contribution in [0.5, 0.6) is 0 Å². The van der Waals surface area contributed by atoms with Crippen molar-refractivity contribution in [3.8, 4) is 0 Å². The number of hydrogen-bond donors (Lipinski definition) is 2. The van der Waals surface area contributed by atoms with Crippen LogP contribution < -0.4 is 4.72 Å². The van der Waals surface area contributed by atoms with Gasteiger partial charge in [0.15, 0.2) is 0 Å². The number of nitrogens with zero attached hydrogens (tertiary/aromatic N) is 1. The molecule has 1 saturated heterocycles. The van der Waals surface area contributed by atoms with Gasteiger partial charge in [0.2, 0.25) is 0 Å². The zero-order valence-corrected chi connectivity index (χ0v) is 11.9. The molecular formula is C11H22N2O4S. The monoisotopic (exact) mass is 278 g/mol. The van der Waals surface area contributed by atoms with Crippen molar-refractivity contribution < 1.29 is 18.3 Å². The Morgan fingerprint density at radius 1 is 1.44 bits per heavy atom. The van der Waals surface area contributed by atoms with Crippen LogP contribution in [-0.4, -0.2) is 42.9 Å². The summed E-state index contributed by atoms with van der Waals surface area (Å²) in [6.07, 6.45) is 1.89. The first-order chi connectivity index (χ1) is 8.24. The Bertz CT molecular complexity index is 396. The molecule has 0 radical (unpaired) electrons. The van der Waals surface area contributed by atoms with Crippen LogP contribution in [0.2, 0.25) is 0 Å². The SMILES string of the molecule is CC1CCCN(S(=O)(=O)NC(C)C(C)C(=O)O)C1. The highest BCUT2D eigenvalue weighted by Crippen LogP contribution is 2.18. The number of hydrogen-bond acceptors (Lipinski definition) is 3. The number of aliphatic carboxylic acids is 1. The van der Waals surface area contributed by atoms with E-state index < -0.39 is 28.1 Å². The van der Waals surface area contributed by atoms with Crippen molar-refractivity contribution in [2.45, 2.75) is 39.7 Å². The molecule has 1 aliphatic rings. The second-order valence-corrected chi connectivity index (χ2v) is 6.85. The lowest BCUT2D eigenvalue weighted by atomic mass is 10.0. The van der Waals surface area contributed by atoms with Crippen LogP contribution in [0.15, 0.2) is 0 Å². The topological polar surface area (TPSA) is 86.7 Å². The highest BCUT2D eigenvalue weighted by molar-refractivity contribution is 7.87. The van der Waals surface area contributed by atoms with E-state index in [1.165, 1.54) is 11.2 Å². The van der Waals surface area contributed by atoms with Gasteiger partial charge in [-0.05, 0) is 25.7 Å². The number of carboxylic acids is 1. The summed E-state index contributed by atoms with van der Waals surface area (Å²) in [7, 11) is -3.57. The summed E-state index contributed by atoms with van der Waals surface area (Å²) < 4.78 is 28.0. The van der Waals surface area contributed by atoms with Crippen LogP contribution in [0.25, 0.3) is 0 Å². The first kappa shape index (κ1) is 15.4. The molecule has 7 heteroatoms. The molecule has 3 unspecified atom stereocenters. The summed E-state index contributed by atoms with van der Waals surface area (Å²) in [5.41, 5.74) is 0. The van der Waals surface area contributed by atoms with Gasteiger partial charge in [0, 0.05) is 19.1 Å². The number of rotatable bonds is 5. The van der Waals surface area contributed by atoms with Crippen molar-refractivity contribution in [1.29, 1.82) is 0 Å². The van der Waals surface area contributed by atoms with E-state index in [-0.39, 0.29) is 0 Å². The molecule has 1 fully saturated rings. The van der Waals surface area contributed by atoms with E-state index >= 15 is 0 Å². The summed E-state index contributed by atoms with van der Waals surface area (Å²) in [5, 5.41) is 8.85. The summed E-state index contributed by atoms with van der Waals surface area (Å²) in [5.74, 6) is -1.40. The molecule has 1 heterocycles. The molecule has 106 valence electrons. The Morgan fingerprint density at radius 3 is 2.56 bits per heavy atom. The lowest BCUT2D eigenvalue weighted by Crippen LogP contribution is -2.50. The summed E-state index contributed by atoms with van der Waals surface area (Å²) in [6, 6.07) is -0.621. The molecule has 18 heavy (non-hydrogen) atoms. The number of carbonyl (C=O) groups is 1. The van der Waals surface area contributed by atoms with Gasteiger partial charge in [-0.15, -0.1) is 0 Å². The molecule has 3 atom stereocenters. The fraction of sp³-hybridized carbons (Fsp3) is 0.909. The van der Waals surface area contributed by atoms with Gasteiger partial charge < -0.3 is 5.11 Å². The fourth-order valence-corrected chi connectivity index (χ4v) is 3.63. The Kier molecular flexibility index (Phi) is 5.12. The molecule has 0 bridgehead atoms. The van der Waals surface area contributed by atoms with Gasteiger partial charge in [-0.3, -0.25) is 4.79 Å². The minimum absolute atomic E-state index is 0.350. The van der Waals surface area contributed by atoms with Crippen molar-refractivity contribution in [2.75, 3.05) is 13.1 Å². The standard InChI is InChI=1S/C11H22N2O4S/c1-8-5-4-6-13(7-8)18(16,17)12-10(3)9(2)11(14)15/h8-10,12H,4-7H2,1-3H3,(H,14,15). The van der Waals surface area contributed by atoms with Gasteiger partial charge in [-0.1, -0.05) is 13.8 Å². The maximum atomic E-state index is 12.1. The van der Waals surface area contributed by atoms with Crippen molar-refractivity contribution in [2.24, 2.45) is 11.8 Å². The van der Waals surface area contributed by atoms with Gasteiger partial charge in [0.05, 0.1) is 5.92 Å². The molecule has 1 aliphatic heterocycles. The Balaban J connectivity index is 2.66. The normalized spacial score (nSPS) is 25.6. The second-order valence-electron chi connectivity index (χ2n) is 5.14. The first-order valence-electron chi connectivity index (χ1n) is 6.24. The number of nitrogens with one attached hydrogen (secondary N) is 1. The molecule has 0 aromatic heterocycles. The van der Waals surface area contributed by atoms with Gasteiger partial charge in [0.25, 0.3) is 10.2 Å².